The first-order valence-corrected chi connectivity index (χ1v) is 9.49. The van der Waals surface area contributed by atoms with E-state index >= 15 is 0 Å². The van der Waals surface area contributed by atoms with E-state index in [2.05, 4.69) is 51.1 Å². The molecule has 6 heteroatoms. The number of thioether (sulfide) groups is 2. The van der Waals surface area contributed by atoms with Gasteiger partial charge in [0.1, 0.15) is 11.0 Å². The van der Waals surface area contributed by atoms with Crippen molar-refractivity contribution in [2.75, 3.05) is 6.54 Å². The fourth-order valence-corrected chi connectivity index (χ4v) is 4.90. The maximum Gasteiger partial charge on any atom is 0.190 e. The SMILES string of the molecule is CC(=O)Sc1ccc(C2(c3ccncc3)CNC3SC=CN32)cc1. The number of benzene rings is 1. The standard InChI is InChI=1S/C18H17N3OS2/c1-13(22)24-16-4-2-14(3-5-16)18(15-6-8-19-9-7-15)12-20-17-21(18)10-11-23-17/h2-11,17,20H,12H2,1H3. The van der Waals surface area contributed by atoms with Gasteiger partial charge in [0.05, 0.1) is 0 Å². The van der Waals surface area contributed by atoms with Crippen LogP contribution in [0, 0.1) is 0 Å². The van der Waals surface area contributed by atoms with Crippen molar-refractivity contribution in [3.8, 4) is 0 Å². The lowest BCUT2D eigenvalue weighted by molar-refractivity contribution is -0.109. The zero-order valence-corrected chi connectivity index (χ0v) is 14.8. The summed E-state index contributed by atoms with van der Waals surface area (Å²) >= 11 is 3.05. The van der Waals surface area contributed by atoms with Crippen LogP contribution < -0.4 is 5.32 Å². The van der Waals surface area contributed by atoms with Crippen molar-refractivity contribution in [1.82, 2.24) is 15.2 Å². The summed E-state index contributed by atoms with van der Waals surface area (Å²) in [5.41, 5.74) is 2.42. The summed E-state index contributed by atoms with van der Waals surface area (Å²) in [4.78, 5) is 18.8. The van der Waals surface area contributed by atoms with Crippen LogP contribution in [0.3, 0.4) is 0 Å². The van der Waals surface area contributed by atoms with Gasteiger partial charge in [-0.25, -0.2) is 0 Å². The van der Waals surface area contributed by atoms with Crippen molar-refractivity contribution in [2.24, 2.45) is 0 Å². The van der Waals surface area contributed by atoms with Gasteiger partial charge in [0, 0.05) is 37.0 Å². The molecule has 2 aliphatic rings. The number of fused-ring (bicyclic) bond motifs is 1. The number of aromatic nitrogens is 1. The molecule has 0 aliphatic carbocycles. The maximum absolute atomic E-state index is 11.3. The molecule has 2 unspecified atom stereocenters. The predicted molar refractivity (Wildman–Crippen MR) is 98.4 cm³/mol. The molecule has 24 heavy (non-hydrogen) atoms. The van der Waals surface area contributed by atoms with Gasteiger partial charge >= 0.3 is 0 Å². The summed E-state index contributed by atoms with van der Waals surface area (Å²) in [7, 11) is 0. The molecule has 4 nitrogen and oxygen atoms in total. The highest BCUT2D eigenvalue weighted by molar-refractivity contribution is 8.13. The highest BCUT2D eigenvalue weighted by Crippen LogP contribution is 2.45. The first-order chi connectivity index (χ1) is 11.7. The summed E-state index contributed by atoms with van der Waals surface area (Å²) in [6, 6.07) is 12.5. The van der Waals surface area contributed by atoms with Crippen LogP contribution >= 0.6 is 23.5 Å². The summed E-state index contributed by atoms with van der Waals surface area (Å²) in [6.07, 6.45) is 5.85. The van der Waals surface area contributed by atoms with E-state index in [1.165, 1.54) is 22.9 Å². The minimum Gasteiger partial charge on any atom is -0.338 e. The average molecular weight is 355 g/mol. The Morgan fingerprint density at radius 3 is 2.67 bits per heavy atom. The summed E-state index contributed by atoms with van der Waals surface area (Å²) in [6.45, 7) is 2.42. The van der Waals surface area contributed by atoms with Crippen molar-refractivity contribution in [3.05, 3.63) is 71.5 Å². The Balaban J connectivity index is 1.79. The minimum absolute atomic E-state index is 0.105. The van der Waals surface area contributed by atoms with Crippen molar-refractivity contribution in [1.29, 1.82) is 0 Å². The second-order valence-corrected chi connectivity index (χ2v) is 8.02. The van der Waals surface area contributed by atoms with Gasteiger partial charge in [0.2, 0.25) is 0 Å². The van der Waals surface area contributed by atoms with Gasteiger partial charge in [-0.3, -0.25) is 15.1 Å². The lowest BCUT2D eigenvalue weighted by Crippen LogP contribution is -2.42. The molecule has 2 atom stereocenters. The van der Waals surface area contributed by atoms with Crippen LogP contribution in [-0.2, 0) is 10.3 Å². The number of nitrogens with one attached hydrogen (secondary N) is 1. The average Bonchev–Trinajstić information content (AvgIpc) is 3.19. The Morgan fingerprint density at radius 2 is 1.96 bits per heavy atom. The molecule has 2 aromatic rings. The molecule has 2 aliphatic heterocycles. The highest BCUT2D eigenvalue weighted by atomic mass is 32.2. The van der Waals surface area contributed by atoms with E-state index in [4.69, 9.17) is 0 Å². The Kier molecular flexibility index (Phi) is 4.12. The zero-order valence-electron chi connectivity index (χ0n) is 13.2. The number of pyridine rings is 1. The van der Waals surface area contributed by atoms with Crippen LogP contribution in [0.1, 0.15) is 18.1 Å². The van der Waals surface area contributed by atoms with Gasteiger partial charge in [0.25, 0.3) is 0 Å². The smallest absolute Gasteiger partial charge is 0.190 e. The normalized spacial score (nSPS) is 25.0. The molecular formula is C18H17N3OS2. The van der Waals surface area contributed by atoms with E-state index in [1.807, 2.05) is 24.5 Å². The second-order valence-electron chi connectivity index (χ2n) is 5.78. The van der Waals surface area contributed by atoms with Gasteiger partial charge in [-0.15, -0.1) is 0 Å². The van der Waals surface area contributed by atoms with Gasteiger partial charge in [-0.2, -0.15) is 0 Å². The lowest BCUT2D eigenvalue weighted by atomic mass is 9.83. The van der Waals surface area contributed by atoms with Gasteiger partial charge in [-0.05, 0) is 40.8 Å². The number of carbonyl (C=O) groups excluding carboxylic acids is 1. The fourth-order valence-electron chi connectivity index (χ4n) is 3.38. The van der Waals surface area contributed by atoms with E-state index < -0.39 is 0 Å². The summed E-state index contributed by atoms with van der Waals surface area (Å²) < 4.78 is 0. The number of hydrogen-bond donors (Lipinski definition) is 1. The molecule has 1 aromatic carbocycles. The van der Waals surface area contributed by atoms with Gasteiger partial charge < -0.3 is 4.90 Å². The summed E-state index contributed by atoms with van der Waals surface area (Å²) in [5, 5.41) is 5.84. The topological polar surface area (TPSA) is 45.2 Å². The van der Waals surface area contributed by atoms with E-state index in [-0.39, 0.29) is 16.2 Å². The molecule has 4 rings (SSSR count). The van der Waals surface area contributed by atoms with Crippen molar-refractivity contribution >= 4 is 28.6 Å². The molecule has 1 N–H and O–H groups in total. The largest absolute Gasteiger partial charge is 0.338 e. The molecule has 0 radical (unpaired) electrons. The molecule has 0 spiro atoms. The molecule has 1 fully saturated rings. The monoisotopic (exact) mass is 355 g/mol. The minimum atomic E-state index is -0.257. The van der Waals surface area contributed by atoms with Crippen LogP contribution in [0.25, 0.3) is 0 Å². The van der Waals surface area contributed by atoms with Crippen LogP contribution in [0.2, 0.25) is 0 Å². The predicted octanol–water partition coefficient (Wildman–Crippen LogP) is 3.37. The number of carbonyl (C=O) groups is 1. The Labute approximate surface area is 149 Å². The molecular weight excluding hydrogens is 338 g/mol. The Morgan fingerprint density at radius 1 is 1.25 bits per heavy atom. The fraction of sp³-hybridized carbons (Fsp3) is 0.222. The second kappa shape index (κ2) is 6.27. The Hall–Kier alpha value is -1.76. The third-order valence-electron chi connectivity index (χ3n) is 4.41. The molecule has 0 saturated carbocycles. The first-order valence-electron chi connectivity index (χ1n) is 7.73. The molecule has 1 saturated heterocycles. The molecule has 0 amide bonds. The van der Waals surface area contributed by atoms with Gasteiger partial charge in [0.15, 0.2) is 5.12 Å². The van der Waals surface area contributed by atoms with Crippen LogP contribution in [0.15, 0.2) is 65.3 Å². The number of hydrogen-bond acceptors (Lipinski definition) is 6. The van der Waals surface area contributed by atoms with Gasteiger partial charge in [-0.1, -0.05) is 35.7 Å². The van der Waals surface area contributed by atoms with E-state index in [0.29, 0.717) is 0 Å². The maximum atomic E-state index is 11.3. The third-order valence-corrected chi connectivity index (χ3v) is 6.13. The number of nitrogens with zero attached hydrogens (tertiary/aromatic N) is 2. The van der Waals surface area contributed by atoms with Crippen molar-refractivity contribution in [3.63, 3.8) is 0 Å². The van der Waals surface area contributed by atoms with Crippen molar-refractivity contribution in [2.45, 2.75) is 22.9 Å². The van der Waals surface area contributed by atoms with Crippen molar-refractivity contribution < 1.29 is 4.79 Å². The first kappa shape index (κ1) is 15.7. The van der Waals surface area contributed by atoms with Crippen LogP contribution in [0.5, 0.6) is 0 Å². The lowest BCUT2D eigenvalue weighted by Gasteiger charge is -2.38. The molecule has 1 aromatic heterocycles. The Bertz CT molecular complexity index is 779. The quantitative estimate of drug-likeness (QED) is 0.852. The van der Waals surface area contributed by atoms with E-state index in [1.54, 1.807) is 18.7 Å². The molecule has 122 valence electrons. The summed E-state index contributed by atoms with van der Waals surface area (Å²) in [5.74, 6) is 0. The molecule has 0 bridgehead atoms. The highest BCUT2D eigenvalue weighted by Gasteiger charge is 2.48. The number of rotatable bonds is 3. The van der Waals surface area contributed by atoms with Crippen LogP contribution in [0.4, 0.5) is 0 Å². The zero-order chi connectivity index (χ0) is 16.6. The van der Waals surface area contributed by atoms with E-state index in [9.17, 15) is 4.79 Å². The molecule has 3 heterocycles. The van der Waals surface area contributed by atoms with Crippen LogP contribution in [-0.4, -0.2) is 27.0 Å². The van der Waals surface area contributed by atoms with E-state index in [0.717, 1.165) is 11.4 Å². The third kappa shape index (κ3) is 2.55.